The van der Waals surface area contributed by atoms with E-state index in [0.717, 1.165) is 58.4 Å². The van der Waals surface area contributed by atoms with E-state index in [1.165, 1.54) is 25.1 Å². The van der Waals surface area contributed by atoms with Gasteiger partial charge in [-0.25, -0.2) is 0 Å². The number of hydrogen-bond donors (Lipinski definition) is 1. The lowest BCUT2D eigenvalue weighted by Gasteiger charge is -2.38. The minimum absolute atomic E-state index is 0. The van der Waals surface area contributed by atoms with Crippen LogP contribution in [-0.2, 0) is 4.74 Å². The quantitative estimate of drug-likeness (QED) is 0.354. The maximum atomic E-state index is 5.26. The van der Waals surface area contributed by atoms with Crippen LogP contribution in [0.2, 0.25) is 0 Å². The SMILES string of the molecule is CCNC(=NCC1CCCN1CCOC)N1CCN(c2ccccc2)CC1.I. The summed E-state index contributed by atoms with van der Waals surface area (Å²) in [6.45, 7) is 11.0. The summed E-state index contributed by atoms with van der Waals surface area (Å²) in [7, 11) is 1.78. The molecule has 0 bridgehead atoms. The summed E-state index contributed by atoms with van der Waals surface area (Å²) in [5.41, 5.74) is 1.32. The molecule has 1 aromatic carbocycles. The Kier molecular flexibility index (Phi) is 10.4. The summed E-state index contributed by atoms with van der Waals surface area (Å²) < 4.78 is 5.26. The molecule has 158 valence electrons. The molecule has 1 aromatic rings. The highest BCUT2D eigenvalue weighted by atomic mass is 127. The Balaban J connectivity index is 0.00000280. The molecular formula is C21H36IN5O. The van der Waals surface area contributed by atoms with Gasteiger partial charge in [0.2, 0.25) is 0 Å². The average Bonchev–Trinajstić information content (AvgIpc) is 3.17. The van der Waals surface area contributed by atoms with Crippen LogP contribution in [0.4, 0.5) is 5.69 Å². The van der Waals surface area contributed by atoms with Crippen LogP contribution >= 0.6 is 24.0 Å². The van der Waals surface area contributed by atoms with Gasteiger partial charge in [0.25, 0.3) is 0 Å². The van der Waals surface area contributed by atoms with E-state index < -0.39 is 0 Å². The second-order valence-electron chi connectivity index (χ2n) is 7.33. The van der Waals surface area contributed by atoms with Gasteiger partial charge in [-0.1, -0.05) is 18.2 Å². The Morgan fingerprint density at radius 1 is 1.14 bits per heavy atom. The van der Waals surface area contributed by atoms with Crippen molar-refractivity contribution in [3.63, 3.8) is 0 Å². The van der Waals surface area contributed by atoms with Crippen LogP contribution in [0.3, 0.4) is 0 Å². The summed E-state index contributed by atoms with van der Waals surface area (Å²) >= 11 is 0. The maximum Gasteiger partial charge on any atom is 0.194 e. The lowest BCUT2D eigenvalue weighted by molar-refractivity contribution is 0.142. The van der Waals surface area contributed by atoms with Gasteiger partial charge in [-0.3, -0.25) is 9.89 Å². The fourth-order valence-electron chi connectivity index (χ4n) is 4.04. The van der Waals surface area contributed by atoms with Gasteiger partial charge in [0, 0.05) is 58.1 Å². The number of guanidine groups is 1. The smallest absolute Gasteiger partial charge is 0.194 e. The molecule has 1 atom stereocenters. The van der Waals surface area contributed by atoms with Gasteiger partial charge in [0.05, 0.1) is 13.2 Å². The summed E-state index contributed by atoms with van der Waals surface area (Å²) in [5.74, 6) is 1.07. The highest BCUT2D eigenvalue weighted by molar-refractivity contribution is 14.0. The molecule has 0 radical (unpaired) electrons. The predicted molar refractivity (Wildman–Crippen MR) is 128 cm³/mol. The molecule has 2 fully saturated rings. The number of rotatable bonds is 7. The van der Waals surface area contributed by atoms with E-state index >= 15 is 0 Å². The van der Waals surface area contributed by atoms with Gasteiger partial charge in [-0.05, 0) is 38.4 Å². The molecular weight excluding hydrogens is 465 g/mol. The highest BCUT2D eigenvalue weighted by Crippen LogP contribution is 2.18. The molecule has 0 aromatic heterocycles. The molecule has 2 aliphatic heterocycles. The zero-order chi connectivity index (χ0) is 18.9. The van der Waals surface area contributed by atoms with E-state index in [1.807, 2.05) is 0 Å². The number of piperazine rings is 1. The van der Waals surface area contributed by atoms with Crippen molar-refractivity contribution >= 4 is 35.6 Å². The summed E-state index contributed by atoms with van der Waals surface area (Å²) in [6, 6.07) is 11.3. The third kappa shape index (κ3) is 6.49. The Morgan fingerprint density at radius 2 is 1.89 bits per heavy atom. The molecule has 1 N–H and O–H groups in total. The Bertz CT molecular complexity index is 577. The third-order valence-corrected chi connectivity index (χ3v) is 5.57. The molecule has 2 aliphatic rings. The van der Waals surface area contributed by atoms with Gasteiger partial charge in [0.1, 0.15) is 0 Å². The molecule has 0 aliphatic carbocycles. The third-order valence-electron chi connectivity index (χ3n) is 5.57. The molecule has 2 heterocycles. The van der Waals surface area contributed by atoms with E-state index in [0.29, 0.717) is 6.04 Å². The van der Waals surface area contributed by atoms with Crippen LogP contribution in [0.5, 0.6) is 0 Å². The fourth-order valence-corrected chi connectivity index (χ4v) is 4.04. The van der Waals surface area contributed by atoms with Crippen molar-refractivity contribution in [3.05, 3.63) is 30.3 Å². The lowest BCUT2D eigenvalue weighted by Crippen LogP contribution is -2.52. The highest BCUT2D eigenvalue weighted by Gasteiger charge is 2.25. The van der Waals surface area contributed by atoms with Gasteiger partial charge >= 0.3 is 0 Å². The molecule has 0 spiro atoms. The minimum Gasteiger partial charge on any atom is -0.383 e. The van der Waals surface area contributed by atoms with E-state index in [1.54, 1.807) is 7.11 Å². The zero-order valence-corrected chi connectivity index (χ0v) is 19.7. The minimum atomic E-state index is 0. The van der Waals surface area contributed by atoms with Crippen LogP contribution < -0.4 is 10.2 Å². The van der Waals surface area contributed by atoms with Gasteiger partial charge in [-0.15, -0.1) is 24.0 Å². The molecule has 1 unspecified atom stereocenters. The Morgan fingerprint density at radius 3 is 2.57 bits per heavy atom. The van der Waals surface area contributed by atoms with Crippen molar-refractivity contribution < 1.29 is 4.74 Å². The number of halogens is 1. The normalized spacial score (nSPS) is 20.9. The van der Waals surface area contributed by atoms with Crippen molar-refractivity contribution in [2.45, 2.75) is 25.8 Å². The summed E-state index contributed by atoms with van der Waals surface area (Å²) in [5, 5.41) is 3.50. The van der Waals surface area contributed by atoms with E-state index in [9.17, 15) is 0 Å². The fraction of sp³-hybridized carbons (Fsp3) is 0.667. The van der Waals surface area contributed by atoms with Gasteiger partial charge in [-0.2, -0.15) is 0 Å². The largest absolute Gasteiger partial charge is 0.383 e. The Hall–Kier alpha value is -1.06. The number of hydrogen-bond acceptors (Lipinski definition) is 4. The molecule has 2 saturated heterocycles. The topological polar surface area (TPSA) is 43.3 Å². The number of anilines is 1. The first kappa shape index (κ1) is 23.2. The van der Waals surface area contributed by atoms with Crippen molar-refractivity contribution in [2.24, 2.45) is 4.99 Å². The predicted octanol–water partition coefficient (Wildman–Crippen LogP) is 2.50. The molecule has 0 amide bonds. The Labute approximate surface area is 187 Å². The van der Waals surface area contributed by atoms with Crippen LogP contribution in [0.15, 0.2) is 35.3 Å². The molecule has 6 nitrogen and oxygen atoms in total. The van der Waals surface area contributed by atoms with E-state index in [4.69, 9.17) is 9.73 Å². The molecule has 0 saturated carbocycles. The lowest BCUT2D eigenvalue weighted by atomic mass is 10.2. The number of para-hydroxylation sites is 1. The number of methoxy groups -OCH3 is 1. The maximum absolute atomic E-state index is 5.26. The van der Waals surface area contributed by atoms with Crippen LogP contribution in [-0.4, -0.2) is 87.9 Å². The van der Waals surface area contributed by atoms with Crippen molar-refractivity contribution in [2.75, 3.05) is 71.0 Å². The van der Waals surface area contributed by atoms with Crippen LogP contribution in [0, 0.1) is 0 Å². The number of aliphatic imine (C=N–C) groups is 1. The second kappa shape index (κ2) is 12.5. The van der Waals surface area contributed by atoms with E-state index in [2.05, 4.69) is 57.3 Å². The average molecular weight is 501 g/mol. The first-order valence-electron chi connectivity index (χ1n) is 10.4. The second-order valence-corrected chi connectivity index (χ2v) is 7.33. The molecule has 7 heteroatoms. The summed E-state index contributed by atoms with van der Waals surface area (Å²) in [6.07, 6.45) is 2.52. The van der Waals surface area contributed by atoms with Gasteiger partial charge in [0.15, 0.2) is 5.96 Å². The van der Waals surface area contributed by atoms with Crippen LogP contribution in [0.25, 0.3) is 0 Å². The van der Waals surface area contributed by atoms with Crippen molar-refractivity contribution in [1.82, 2.24) is 15.1 Å². The zero-order valence-electron chi connectivity index (χ0n) is 17.3. The van der Waals surface area contributed by atoms with Crippen molar-refractivity contribution in [1.29, 1.82) is 0 Å². The molecule has 28 heavy (non-hydrogen) atoms. The van der Waals surface area contributed by atoms with Gasteiger partial charge < -0.3 is 19.9 Å². The van der Waals surface area contributed by atoms with Crippen LogP contribution in [0.1, 0.15) is 19.8 Å². The van der Waals surface area contributed by atoms with Crippen molar-refractivity contribution in [3.8, 4) is 0 Å². The standard InChI is InChI=1S/C21H35N5O.HI/c1-3-22-21(23-18-20-10-7-11-24(20)16-17-27-2)26-14-12-25(13-15-26)19-8-5-4-6-9-19;/h4-6,8-9,20H,3,7,10-18H2,1-2H3,(H,22,23);1H. The van der Waals surface area contributed by atoms with E-state index in [-0.39, 0.29) is 24.0 Å². The monoisotopic (exact) mass is 501 g/mol. The number of benzene rings is 1. The first-order chi connectivity index (χ1) is 13.3. The number of nitrogens with one attached hydrogen (secondary N) is 1. The number of nitrogens with zero attached hydrogens (tertiary/aromatic N) is 4. The molecule has 3 rings (SSSR count). The number of ether oxygens (including phenoxy) is 1. The number of likely N-dealkylation sites (tertiary alicyclic amines) is 1. The first-order valence-corrected chi connectivity index (χ1v) is 10.4. The summed E-state index contributed by atoms with van der Waals surface area (Å²) in [4.78, 5) is 12.4.